The normalized spacial score (nSPS) is 5.00. The molecule has 0 spiro atoms. The van der Waals surface area contributed by atoms with E-state index in [1.54, 1.807) is 0 Å². The van der Waals surface area contributed by atoms with E-state index in [1.165, 1.54) is 14.8 Å². The molecule has 1 nitrogen and oxygen atoms in total. The Morgan fingerprint density at radius 1 is 1.80 bits per heavy atom. The summed E-state index contributed by atoms with van der Waals surface area (Å²) in [6.07, 6.45) is 0. The van der Waals surface area contributed by atoms with Gasteiger partial charge in [0, 0.05) is 0 Å². The first kappa shape index (κ1) is 9.22. The van der Waals surface area contributed by atoms with Crippen molar-refractivity contribution in [1.82, 2.24) is 0 Å². The van der Waals surface area contributed by atoms with Crippen molar-refractivity contribution in [2.24, 2.45) is 0 Å². The number of hydrogen-bond donors (Lipinski definition) is 0. The summed E-state index contributed by atoms with van der Waals surface area (Å²) in [5.74, 6) is 0. The summed E-state index contributed by atoms with van der Waals surface area (Å²) in [5, 5.41) is 0. The molecule has 0 aromatic carbocycles. The number of carbonyl (C=O) groups is 1. The standard InChI is InChI=1S/C2H5BO.Na.H/c1-2(3)4;;/h3H2,1H3;;. The average molecular weight is 79.9 g/mol. The van der Waals surface area contributed by atoms with Crippen LogP contribution in [0.5, 0.6) is 0 Å². The van der Waals surface area contributed by atoms with Crippen LogP contribution >= 0.6 is 0 Å². The summed E-state index contributed by atoms with van der Waals surface area (Å²) in [4.78, 5) is 9.44. The Morgan fingerprint density at radius 2 is 1.80 bits per heavy atom. The fourth-order valence-corrected chi connectivity index (χ4v) is 0. The van der Waals surface area contributed by atoms with Crippen LogP contribution in [0.25, 0.3) is 0 Å². The molecule has 0 heterocycles. The first-order valence-corrected chi connectivity index (χ1v) is 1.20. The second-order valence-electron chi connectivity index (χ2n) is 0.908. The van der Waals surface area contributed by atoms with Crippen molar-refractivity contribution in [1.29, 1.82) is 0 Å². The predicted octanol–water partition coefficient (Wildman–Crippen LogP) is -1.48. The average Bonchev–Trinajstić information content (AvgIpc) is 0.811. The van der Waals surface area contributed by atoms with Gasteiger partial charge in [0.15, 0.2) is 7.85 Å². The van der Waals surface area contributed by atoms with Crippen molar-refractivity contribution in [2.75, 3.05) is 0 Å². The van der Waals surface area contributed by atoms with Crippen LogP contribution in [-0.4, -0.2) is 43.1 Å². The summed E-state index contributed by atoms with van der Waals surface area (Å²) in [5.41, 5.74) is 0.167. The Labute approximate surface area is 54.8 Å². The van der Waals surface area contributed by atoms with Crippen LogP contribution in [0.4, 0.5) is 0 Å². The fourth-order valence-electron chi connectivity index (χ4n) is 0. The Morgan fingerprint density at radius 3 is 1.80 bits per heavy atom. The van der Waals surface area contributed by atoms with E-state index in [-0.39, 0.29) is 35.2 Å². The van der Waals surface area contributed by atoms with Gasteiger partial charge in [-0.15, -0.1) is 0 Å². The van der Waals surface area contributed by atoms with Crippen LogP contribution in [0.2, 0.25) is 0 Å². The zero-order valence-electron chi connectivity index (χ0n) is 2.91. The van der Waals surface area contributed by atoms with E-state index in [1.807, 2.05) is 0 Å². The first-order valence-electron chi connectivity index (χ1n) is 1.20. The van der Waals surface area contributed by atoms with E-state index in [9.17, 15) is 4.79 Å². The number of carbonyl (C=O) groups excluding carboxylic acids is 1. The second kappa shape index (κ2) is 4.73. The number of rotatable bonds is 0. The van der Waals surface area contributed by atoms with Gasteiger partial charge in [0.1, 0.15) is 0 Å². The molecular formula is C2H6BNaO. The van der Waals surface area contributed by atoms with Crippen LogP contribution in [0.15, 0.2) is 0 Å². The van der Waals surface area contributed by atoms with Crippen LogP contribution in [0.1, 0.15) is 6.92 Å². The molecule has 0 aliphatic carbocycles. The van der Waals surface area contributed by atoms with Crippen LogP contribution in [-0.2, 0) is 4.79 Å². The maximum atomic E-state index is 9.44. The molecule has 0 aromatic heterocycles. The van der Waals surface area contributed by atoms with E-state index >= 15 is 0 Å². The third-order valence-corrected chi connectivity index (χ3v) is 0. The van der Waals surface area contributed by atoms with Crippen molar-refractivity contribution in [3.8, 4) is 0 Å². The summed E-state index contributed by atoms with van der Waals surface area (Å²) in [7, 11) is 1.53. The fraction of sp³-hybridized carbons (Fsp3) is 0.500. The Bertz CT molecular complexity index is 32.6. The van der Waals surface area contributed by atoms with Gasteiger partial charge in [-0.1, -0.05) is 0 Å². The summed E-state index contributed by atoms with van der Waals surface area (Å²) in [6, 6.07) is 0. The van der Waals surface area contributed by atoms with Crippen molar-refractivity contribution in [3.63, 3.8) is 0 Å². The molecule has 0 unspecified atom stereocenters. The molecule has 0 rings (SSSR count). The zero-order valence-corrected chi connectivity index (χ0v) is 2.91. The molecule has 0 atom stereocenters. The molecule has 3 heteroatoms. The minimum absolute atomic E-state index is 0. The summed E-state index contributed by atoms with van der Waals surface area (Å²) < 4.78 is 0. The van der Waals surface area contributed by atoms with Gasteiger partial charge in [0.25, 0.3) is 0 Å². The van der Waals surface area contributed by atoms with Gasteiger partial charge in [-0.05, 0) is 6.92 Å². The van der Waals surface area contributed by atoms with Gasteiger partial charge in [0.05, 0.1) is 5.68 Å². The molecule has 0 radical (unpaired) electrons. The summed E-state index contributed by atoms with van der Waals surface area (Å²) >= 11 is 0. The van der Waals surface area contributed by atoms with E-state index in [0.29, 0.717) is 0 Å². The quantitative estimate of drug-likeness (QED) is 0.324. The van der Waals surface area contributed by atoms with Gasteiger partial charge >= 0.3 is 29.6 Å². The van der Waals surface area contributed by atoms with Crippen LogP contribution in [0, 0.1) is 0 Å². The molecule has 0 fully saturated rings. The molecule has 0 saturated heterocycles. The van der Waals surface area contributed by atoms with E-state index in [0.717, 1.165) is 0 Å². The van der Waals surface area contributed by atoms with Gasteiger partial charge in [-0.25, -0.2) is 0 Å². The Kier molecular flexibility index (Phi) is 8.73. The monoisotopic (exact) mass is 80.0 g/mol. The van der Waals surface area contributed by atoms with E-state index in [4.69, 9.17) is 0 Å². The maximum absolute atomic E-state index is 9.44. The SMILES string of the molecule is BC(C)=O.[NaH]. The number of hydrogen-bond acceptors (Lipinski definition) is 1. The third-order valence-electron chi connectivity index (χ3n) is 0. The summed E-state index contributed by atoms with van der Waals surface area (Å²) in [6.45, 7) is 1.53. The van der Waals surface area contributed by atoms with Crippen molar-refractivity contribution in [2.45, 2.75) is 6.92 Å². The Balaban J connectivity index is 0. The molecule has 5 heavy (non-hydrogen) atoms. The minimum atomic E-state index is 0. The molecule has 0 aromatic rings. The van der Waals surface area contributed by atoms with Gasteiger partial charge in [0.2, 0.25) is 0 Å². The van der Waals surface area contributed by atoms with E-state index < -0.39 is 0 Å². The molecule has 0 saturated carbocycles. The van der Waals surface area contributed by atoms with Gasteiger partial charge in [-0.3, -0.25) is 0 Å². The van der Waals surface area contributed by atoms with Crippen molar-refractivity contribution in [3.05, 3.63) is 0 Å². The molecule has 0 N–H and O–H groups in total. The Hall–Kier alpha value is 0.735. The van der Waals surface area contributed by atoms with Crippen LogP contribution in [0.3, 0.4) is 0 Å². The van der Waals surface area contributed by atoms with Crippen LogP contribution < -0.4 is 0 Å². The molecule has 0 amide bonds. The molecular weight excluding hydrogens is 73.8 g/mol. The zero-order chi connectivity index (χ0) is 3.58. The predicted molar refractivity (Wildman–Crippen MR) is 26.4 cm³/mol. The van der Waals surface area contributed by atoms with Gasteiger partial charge < -0.3 is 4.79 Å². The molecule has 24 valence electrons. The van der Waals surface area contributed by atoms with Gasteiger partial charge in [-0.2, -0.15) is 0 Å². The first-order chi connectivity index (χ1) is 1.73. The topological polar surface area (TPSA) is 17.1 Å². The molecule has 0 bridgehead atoms. The molecule has 0 aliphatic rings. The van der Waals surface area contributed by atoms with E-state index in [2.05, 4.69) is 0 Å². The molecule has 0 aliphatic heterocycles. The second-order valence-corrected chi connectivity index (χ2v) is 0.908. The van der Waals surface area contributed by atoms with Crippen molar-refractivity contribution < 1.29 is 4.79 Å². The van der Waals surface area contributed by atoms with Crippen molar-refractivity contribution >= 4 is 43.1 Å². The third kappa shape index (κ3) is 65.6.